The number of rotatable bonds is 11. The lowest BCUT2D eigenvalue weighted by Gasteiger charge is -2.54. The number of hydrogen-bond donors (Lipinski definition) is 3. The Morgan fingerprint density at radius 2 is 1.80 bits per heavy atom. The van der Waals surface area contributed by atoms with Gasteiger partial charge in [0.1, 0.15) is 12.1 Å². The Hall–Kier alpha value is -3.33. The van der Waals surface area contributed by atoms with Gasteiger partial charge in [-0.1, -0.05) is 19.3 Å². The van der Waals surface area contributed by atoms with Crippen LogP contribution in [0.25, 0.3) is 0 Å². The number of amides is 4. The van der Waals surface area contributed by atoms with Crippen molar-refractivity contribution in [1.82, 2.24) is 20.9 Å². The molecule has 4 amide bonds. The number of ether oxygens (including phenoxy) is 1. The van der Waals surface area contributed by atoms with Crippen molar-refractivity contribution in [1.29, 1.82) is 0 Å². The Morgan fingerprint density at radius 1 is 1.09 bits per heavy atom. The van der Waals surface area contributed by atoms with E-state index in [1.165, 1.54) is 6.92 Å². The van der Waals surface area contributed by atoms with Crippen molar-refractivity contribution >= 4 is 29.6 Å². The summed E-state index contributed by atoms with van der Waals surface area (Å²) < 4.78 is 89.1. The molecule has 3 aliphatic heterocycles. The average Bonchev–Trinajstić information content (AvgIpc) is 3.31. The van der Waals surface area contributed by atoms with E-state index in [1.807, 2.05) is 0 Å². The van der Waals surface area contributed by atoms with Crippen LogP contribution in [0.2, 0.25) is 0 Å². The molecule has 2 bridgehead atoms. The summed E-state index contributed by atoms with van der Waals surface area (Å²) in [6.07, 6.45) is -3.60. The second-order valence-corrected chi connectivity index (χ2v) is 11.9. The Balaban J connectivity index is 1.64. The van der Waals surface area contributed by atoms with Crippen LogP contribution in [0.4, 0.5) is 26.3 Å². The van der Waals surface area contributed by atoms with Crippen molar-refractivity contribution in [2.45, 2.75) is 101 Å². The highest BCUT2D eigenvalue weighted by Gasteiger charge is 2.61. The van der Waals surface area contributed by atoms with Crippen LogP contribution in [0.5, 0.6) is 0 Å². The first-order valence-electron chi connectivity index (χ1n) is 14.8. The number of nitrogens with one attached hydrogen (secondary N) is 3. The third kappa shape index (κ3) is 7.48. The monoisotopic (exact) mass is 638 g/mol. The molecule has 5 fully saturated rings. The van der Waals surface area contributed by atoms with E-state index in [9.17, 15) is 41.5 Å². The zero-order valence-corrected chi connectivity index (χ0v) is 24.1. The lowest BCUT2D eigenvalue weighted by atomic mass is 9.71. The van der Waals surface area contributed by atoms with Crippen LogP contribution >= 0.6 is 0 Å². The van der Waals surface area contributed by atoms with Crippen molar-refractivity contribution in [2.75, 3.05) is 13.2 Å². The largest absolute Gasteiger partial charge is 0.471 e. The van der Waals surface area contributed by atoms with Crippen molar-refractivity contribution < 1.29 is 55.1 Å². The molecule has 0 aromatic carbocycles. The summed E-state index contributed by atoms with van der Waals surface area (Å²) >= 11 is 0. The molecule has 3 heterocycles. The molecule has 2 saturated carbocycles. The second-order valence-electron chi connectivity index (χ2n) is 11.9. The zero-order chi connectivity index (χ0) is 32.4. The minimum atomic E-state index is -5.31. The molecular formula is C28H36F6N4O6. The molecule has 44 heavy (non-hydrogen) atoms. The van der Waals surface area contributed by atoms with E-state index < -0.39 is 89.9 Å². The second kappa shape index (κ2) is 13.3. The molecule has 0 aromatic rings. The highest BCUT2D eigenvalue weighted by atomic mass is 19.4. The number of halogens is 6. The van der Waals surface area contributed by atoms with Gasteiger partial charge in [0.05, 0.1) is 18.6 Å². The summed E-state index contributed by atoms with van der Waals surface area (Å²) in [6, 6.07) is -6.15. The van der Waals surface area contributed by atoms with Gasteiger partial charge in [-0.3, -0.25) is 19.2 Å². The lowest BCUT2D eigenvalue weighted by molar-refractivity contribution is -0.196. The topological polar surface area (TPSA) is 134 Å². The highest BCUT2D eigenvalue weighted by molar-refractivity contribution is 5.94. The van der Waals surface area contributed by atoms with Crippen LogP contribution in [-0.2, 0) is 28.7 Å². The van der Waals surface area contributed by atoms with Crippen LogP contribution in [0, 0.1) is 17.8 Å². The third-order valence-corrected chi connectivity index (χ3v) is 8.96. The van der Waals surface area contributed by atoms with E-state index in [0.29, 0.717) is 31.9 Å². The molecule has 5 rings (SSSR count). The maximum absolute atomic E-state index is 15.2. The van der Waals surface area contributed by atoms with Crippen LogP contribution < -0.4 is 16.0 Å². The van der Waals surface area contributed by atoms with Crippen LogP contribution in [0.15, 0.2) is 11.9 Å². The van der Waals surface area contributed by atoms with Gasteiger partial charge in [0.15, 0.2) is 0 Å². The molecular weight excluding hydrogens is 602 g/mol. The van der Waals surface area contributed by atoms with Crippen molar-refractivity contribution in [2.24, 2.45) is 17.8 Å². The number of fused-ring (bicyclic) bond motifs is 3. The van der Waals surface area contributed by atoms with Gasteiger partial charge in [-0.05, 0) is 51.0 Å². The molecule has 16 heteroatoms. The Morgan fingerprint density at radius 3 is 2.34 bits per heavy atom. The number of hydrogen-bond acceptors (Lipinski definition) is 6. The SMILES string of the molecule is CCOC(=O)/C(F)=C/[C@H](C[C@@H]1CCNC1=O)NC(=O)[C@H]1[C@H]2CC[C@H](CC2(F)F)N1C(=O)[C@H](CC1CCC1)NC(=O)C(F)(F)F. The summed E-state index contributed by atoms with van der Waals surface area (Å²) in [5.74, 6) is -13.7. The smallest absolute Gasteiger partial charge is 0.461 e. The first-order chi connectivity index (χ1) is 20.6. The number of carbonyl (C=O) groups excluding carboxylic acids is 5. The van der Waals surface area contributed by atoms with Gasteiger partial charge in [-0.15, -0.1) is 0 Å². The lowest BCUT2D eigenvalue weighted by Crippen LogP contribution is -2.71. The van der Waals surface area contributed by atoms with Crippen molar-refractivity contribution in [3.8, 4) is 0 Å². The van der Waals surface area contributed by atoms with Crippen molar-refractivity contribution in [3.05, 3.63) is 11.9 Å². The predicted octanol–water partition coefficient (Wildman–Crippen LogP) is 2.67. The Bertz CT molecular complexity index is 1180. The predicted molar refractivity (Wildman–Crippen MR) is 140 cm³/mol. The van der Waals surface area contributed by atoms with Gasteiger partial charge >= 0.3 is 18.1 Å². The third-order valence-electron chi connectivity index (χ3n) is 8.96. The molecule has 10 nitrogen and oxygen atoms in total. The van der Waals surface area contributed by atoms with E-state index in [0.717, 1.165) is 11.3 Å². The van der Waals surface area contributed by atoms with Crippen LogP contribution in [-0.4, -0.2) is 83.9 Å². The van der Waals surface area contributed by atoms with Gasteiger partial charge in [0.2, 0.25) is 23.5 Å². The number of alkyl halides is 5. The minimum absolute atomic E-state index is 0.0577. The number of esters is 1. The average molecular weight is 639 g/mol. The van der Waals surface area contributed by atoms with Gasteiger partial charge in [-0.25, -0.2) is 13.6 Å². The highest BCUT2D eigenvalue weighted by Crippen LogP contribution is 2.49. The number of nitrogens with zero attached hydrogens (tertiary/aromatic N) is 1. The molecule has 6 atom stereocenters. The fourth-order valence-electron chi connectivity index (χ4n) is 6.59. The fourth-order valence-corrected chi connectivity index (χ4v) is 6.59. The maximum atomic E-state index is 15.2. The number of piperidine rings is 2. The maximum Gasteiger partial charge on any atom is 0.471 e. The van der Waals surface area contributed by atoms with E-state index in [-0.39, 0.29) is 38.2 Å². The van der Waals surface area contributed by atoms with E-state index in [2.05, 4.69) is 15.4 Å². The number of carbonyl (C=O) groups is 5. The molecule has 0 spiro atoms. The Kier molecular flexibility index (Phi) is 10.2. The molecule has 3 saturated heterocycles. The quantitative estimate of drug-likeness (QED) is 0.181. The summed E-state index contributed by atoms with van der Waals surface area (Å²) in [4.78, 5) is 64.4. The van der Waals surface area contributed by atoms with E-state index >= 15 is 8.78 Å². The normalized spacial score (nSPS) is 28.0. The van der Waals surface area contributed by atoms with Crippen LogP contribution in [0.1, 0.15) is 64.7 Å². The summed E-state index contributed by atoms with van der Waals surface area (Å²) in [5, 5.41) is 6.69. The standard InChI is InChI=1S/C28H36F6N4O6/c1-2-44-25(42)19(29)12-16(11-15-8-9-35-22(15)39)36-23(40)21-18-7-6-17(13-27(18,30)31)38(21)24(41)20(10-14-4-3-5-14)37-26(43)28(32,33)34/h12,14-18,20-21H,2-11,13H2,1H3,(H,35,39)(H,36,40)(H,37,43)/b19-12-/t15-,16-,17+,18+,20-,21+/m0/s1. The van der Waals surface area contributed by atoms with Gasteiger partial charge in [0.25, 0.3) is 5.92 Å². The van der Waals surface area contributed by atoms with Gasteiger partial charge in [0, 0.05) is 24.9 Å². The van der Waals surface area contributed by atoms with E-state index in [1.54, 1.807) is 5.32 Å². The van der Waals surface area contributed by atoms with Gasteiger partial charge in [-0.2, -0.15) is 17.6 Å². The first-order valence-corrected chi connectivity index (χ1v) is 14.8. The fraction of sp³-hybridized carbons (Fsp3) is 0.750. The molecule has 0 aromatic heterocycles. The molecule has 2 aliphatic carbocycles. The minimum Gasteiger partial charge on any atom is -0.461 e. The summed E-state index contributed by atoms with van der Waals surface area (Å²) in [5.41, 5.74) is 0. The molecule has 246 valence electrons. The molecule has 0 unspecified atom stereocenters. The molecule has 0 radical (unpaired) electrons. The van der Waals surface area contributed by atoms with Crippen LogP contribution in [0.3, 0.4) is 0 Å². The molecule has 3 N–H and O–H groups in total. The molecule has 5 aliphatic rings. The Labute approximate surface area is 249 Å². The van der Waals surface area contributed by atoms with E-state index in [4.69, 9.17) is 0 Å². The zero-order valence-electron chi connectivity index (χ0n) is 24.1. The summed E-state index contributed by atoms with van der Waals surface area (Å²) in [7, 11) is 0. The first kappa shape index (κ1) is 33.6. The summed E-state index contributed by atoms with van der Waals surface area (Å²) in [6.45, 7) is 1.58. The van der Waals surface area contributed by atoms with Gasteiger partial charge < -0.3 is 25.6 Å². The van der Waals surface area contributed by atoms with Crippen molar-refractivity contribution in [3.63, 3.8) is 0 Å².